The van der Waals surface area contributed by atoms with Crippen molar-refractivity contribution < 1.29 is 15.0 Å². The highest BCUT2D eigenvalue weighted by Crippen LogP contribution is 2.36. The van der Waals surface area contributed by atoms with Crippen molar-refractivity contribution in [2.24, 2.45) is 11.8 Å². The molecule has 0 spiro atoms. The molecule has 0 bridgehead atoms. The van der Waals surface area contributed by atoms with Gasteiger partial charge in [0, 0.05) is 47.5 Å². The first-order valence-electron chi connectivity index (χ1n) is 11.3. The SMILES string of the molecule is CN1C=CC([C@H]2CCNC[C@@H]2C(=O)N(Cc2cc(Br)cc(SCCO)c2)C2CC2)=C[C@@H]1O. The number of piperidine rings is 1. The Balaban J connectivity index is 1.53. The maximum atomic E-state index is 13.8. The van der Waals surface area contributed by atoms with E-state index in [0.29, 0.717) is 24.9 Å². The van der Waals surface area contributed by atoms with Crippen molar-refractivity contribution in [2.45, 2.75) is 43.0 Å². The lowest BCUT2D eigenvalue weighted by molar-refractivity contribution is -0.138. The fraction of sp³-hybridized carbons (Fsp3) is 0.542. The molecule has 1 saturated heterocycles. The van der Waals surface area contributed by atoms with E-state index in [1.54, 1.807) is 16.7 Å². The second-order valence-corrected chi connectivity index (χ2v) is 10.9. The van der Waals surface area contributed by atoms with Crippen LogP contribution in [0.5, 0.6) is 0 Å². The zero-order valence-electron chi connectivity index (χ0n) is 18.4. The Morgan fingerprint density at radius 3 is 2.84 bits per heavy atom. The number of allylic oxidation sites excluding steroid dienone is 2. The molecule has 1 amide bonds. The van der Waals surface area contributed by atoms with E-state index >= 15 is 0 Å². The van der Waals surface area contributed by atoms with Crippen LogP contribution in [-0.2, 0) is 11.3 Å². The van der Waals surface area contributed by atoms with Gasteiger partial charge in [0.2, 0.25) is 5.91 Å². The highest BCUT2D eigenvalue weighted by Gasteiger charge is 2.40. The van der Waals surface area contributed by atoms with Gasteiger partial charge in [0.25, 0.3) is 0 Å². The van der Waals surface area contributed by atoms with Crippen LogP contribution in [0.1, 0.15) is 24.8 Å². The number of hydrogen-bond acceptors (Lipinski definition) is 6. The van der Waals surface area contributed by atoms with Crippen molar-refractivity contribution in [3.63, 3.8) is 0 Å². The monoisotopic (exact) mass is 521 g/mol. The molecule has 3 N–H and O–H groups in total. The molecular weight excluding hydrogens is 490 g/mol. The molecule has 3 aliphatic rings. The van der Waals surface area contributed by atoms with Gasteiger partial charge in [-0.25, -0.2) is 0 Å². The molecule has 0 unspecified atom stereocenters. The molecule has 0 radical (unpaired) electrons. The van der Waals surface area contributed by atoms with Crippen molar-refractivity contribution >= 4 is 33.6 Å². The molecule has 6 nitrogen and oxygen atoms in total. The number of likely N-dealkylation sites (N-methyl/N-ethyl adjacent to an activating group) is 1. The largest absolute Gasteiger partial charge is 0.396 e. The van der Waals surface area contributed by atoms with Crippen LogP contribution in [0.25, 0.3) is 0 Å². The van der Waals surface area contributed by atoms with E-state index in [0.717, 1.165) is 46.3 Å². The molecule has 8 heteroatoms. The van der Waals surface area contributed by atoms with Gasteiger partial charge in [0.15, 0.2) is 0 Å². The zero-order valence-corrected chi connectivity index (χ0v) is 20.8. The minimum atomic E-state index is -0.642. The molecule has 2 heterocycles. The zero-order chi connectivity index (χ0) is 22.7. The third-order valence-corrected chi connectivity index (χ3v) is 7.82. The first kappa shape index (κ1) is 23.8. The molecule has 174 valence electrons. The normalized spacial score (nSPS) is 25.6. The second-order valence-electron chi connectivity index (χ2n) is 8.83. The standard InChI is InChI=1S/C24H32BrN3O3S/c1-27-7-5-17(12-23(27)30)21-4-6-26-14-22(21)24(31)28(19-2-3-19)15-16-10-18(25)13-20(11-16)32-9-8-29/h5,7,10-13,19,21-23,26,29-30H,2-4,6,8-9,14-15H2,1H3/t21-,22+,23+/m1/s1. The quantitative estimate of drug-likeness (QED) is 0.456. The van der Waals surface area contributed by atoms with E-state index in [2.05, 4.69) is 44.3 Å². The van der Waals surface area contributed by atoms with Crippen LogP contribution >= 0.6 is 27.7 Å². The second kappa shape index (κ2) is 10.7. The summed E-state index contributed by atoms with van der Waals surface area (Å²) >= 11 is 5.22. The van der Waals surface area contributed by atoms with Gasteiger partial charge in [-0.2, -0.15) is 0 Å². The lowest BCUT2D eigenvalue weighted by Crippen LogP contribution is -2.48. The molecule has 2 aliphatic heterocycles. The summed E-state index contributed by atoms with van der Waals surface area (Å²) in [5, 5.41) is 22.9. The summed E-state index contributed by atoms with van der Waals surface area (Å²) in [6, 6.07) is 6.58. The van der Waals surface area contributed by atoms with Gasteiger partial charge >= 0.3 is 0 Å². The van der Waals surface area contributed by atoms with E-state index in [9.17, 15) is 9.90 Å². The summed E-state index contributed by atoms with van der Waals surface area (Å²) in [7, 11) is 1.85. The third kappa shape index (κ3) is 5.78. The van der Waals surface area contributed by atoms with Gasteiger partial charge in [0.05, 0.1) is 12.5 Å². The van der Waals surface area contributed by atoms with Gasteiger partial charge in [-0.15, -0.1) is 11.8 Å². The first-order valence-corrected chi connectivity index (χ1v) is 13.1. The molecule has 1 aromatic rings. The number of hydrogen-bond donors (Lipinski definition) is 3. The number of carbonyl (C=O) groups excluding carboxylic acids is 1. The Hall–Kier alpha value is -1.32. The van der Waals surface area contributed by atoms with Gasteiger partial charge in [-0.3, -0.25) is 4.79 Å². The minimum absolute atomic E-state index is 0.114. The molecular formula is C24H32BrN3O3S. The summed E-state index contributed by atoms with van der Waals surface area (Å²) in [4.78, 5) is 18.8. The van der Waals surface area contributed by atoms with Crippen LogP contribution in [0.2, 0.25) is 0 Å². The summed E-state index contributed by atoms with van der Waals surface area (Å²) in [5.41, 5.74) is 2.17. The highest BCUT2D eigenvalue weighted by molar-refractivity contribution is 9.10. The minimum Gasteiger partial charge on any atom is -0.396 e. The Morgan fingerprint density at radius 2 is 2.12 bits per heavy atom. The van der Waals surface area contributed by atoms with E-state index in [-0.39, 0.29) is 24.3 Å². The average molecular weight is 523 g/mol. The summed E-state index contributed by atoms with van der Waals surface area (Å²) in [6.07, 6.45) is 8.19. The highest BCUT2D eigenvalue weighted by atomic mass is 79.9. The van der Waals surface area contributed by atoms with Crippen LogP contribution in [0, 0.1) is 11.8 Å². The van der Waals surface area contributed by atoms with Gasteiger partial charge < -0.3 is 25.3 Å². The summed E-state index contributed by atoms with van der Waals surface area (Å²) in [6.45, 7) is 2.29. The van der Waals surface area contributed by atoms with Crippen molar-refractivity contribution in [3.8, 4) is 0 Å². The Morgan fingerprint density at radius 1 is 1.31 bits per heavy atom. The first-order chi connectivity index (χ1) is 15.5. The smallest absolute Gasteiger partial charge is 0.228 e. The van der Waals surface area contributed by atoms with Gasteiger partial charge in [-0.05, 0) is 73.2 Å². The van der Waals surface area contributed by atoms with Crippen molar-refractivity contribution in [1.29, 1.82) is 0 Å². The Bertz CT molecular complexity index is 889. The molecule has 3 atom stereocenters. The van der Waals surface area contributed by atoms with Crippen molar-refractivity contribution in [1.82, 2.24) is 15.1 Å². The van der Waals surface area contributed by atoms with Gasteiger partial charge in [0.1, 0.15) is 6.23 Å². The number of carbonyl (C=O) groups is 1. The molecule has 2 fully saturated rings. The predicted molar refractivity (Wildman–Crippen MR) is 131 cm³/mol. The van der Waals surface area contributed by atoms with Crippen molar-refractivity contribution in [2.75, 3.05) is 32.5 Å². The van der Waals surface area contributed by atoms with Crippen LogP contribution in [0.4, 0.5) is 0 Å². The predicted octanol–water partition coefficient (Wildman–Crippen LogP) is 2.95. The number of halogens is 1. The topological polar surface area (TPSA) is 76.0 Å². The summed E-state index contributed by atoms with van der Waals surface area (Å²) < 4.78 is 0.992. The number of aliphatic hydroxyl groups excluding tert-OH is 2. The maximum Gasteiger partial charge on any atom is 0.228 e. The lowest BCUT2D eigenvalue weighted by atomic mass is 9.79. The maximum absolute atomic E-state index is 13.8. The Labute approximate surface area is 202 Å². The van der Waals surface area contributed by atoms with Crippen LogP contribution in [0.15, 0.2) is 51.5 Å². The third-order valence-electron chi connectivity index (χ3n) is 6.40. The van der Waals surface area contributed by atoms with E-state index in [1.165, 1.54) is 0 Å². The number of nitrogens with zero attached hydrogens (tertiary/aromatic N) is 2. The molecule has 32 heavy (non-hydrogen) atoms. The molecule has 1 saturated carbocycles. The number of amides is 1. The fourth-order valence-corrected chi connectivity index (χ4v) is 6.01. The van der Waals surface area contributed by atoms with E-state index in [4.69, 9.17) is 5.11 Å². The van der Waals surface area contributed by atoms with E-state index < -0.39 is 6.23 Å². The van der Waals surface area contributed by atoms with Crippen LogP contribution < -0.4 is 5.32 Å². The number of thioether (sulfide) groups is 1. The van der Waals surface area contributed by atoms with Crippen LogP contribution in [0.3, 0.4) is 0 Å². The summed E-state index contributed by atoms with van der Waals surface area (Å²) in [5.74, 6) is 0.839. The average Bonchev–Trinajstić information content (AvgIpc) is 3.62. The number of nitrogens with one attached hydrogen (secondary N) is 1. The van der Waals surface area contributed by atoms with Crippen LogP contribution in [-0.4, -0.2) is 70.7 Å². The Kier molecular flexibility index (Phi) is 8.00. The lowest BCUT2D eigenvalue weighted by Gasteiger charge is -2.37. The number of aliphatic hydroxyl groups is 2. The van der Waals surface area contributed by atoms with Gasteiger partial charge in [-0.1, -0.05) is 15.9 Å². The fourth-order valence-electron chi connectivity index (χ4n) is 4.54. The van der Waals surface area contributed by atoms with Crippen molar-refractivity contribution in [3.05, 3.63) is 52.2 Å². The molecule has 1 aliphatic carbocycles. The van der Waals surface area contributed by atoms with E-state index in [1.807, 2.05) is 25.4 Å². The molecule has 0 aromatic heterocycles. The number of benzene rings is 1. The molecule has 4 rings (SSSR count). The molecule has 1 aromatic carbocycles. The number of rotatable bonds is 8.